The van der Waals surface area contributed by atoms with Gasteiger partial charge in [-0.2, -0.15) is 0 Å². The van der Waals surface area contributed by atoms with Gasteiger partial charge in [0.05, 0.1) is 0 Å². The van der Waals surface area contributed by atoms with Crippen molar-refractivity contribution >= 4 is 5.97 Å². The maximum atomic E-state index is 11.2. The molecule has 0 saturated carbocycles. The zero-order valence-corrected chi connectivity index (χ0v) is 12.3. The Morgan fingerprint density at radius 1 is 1.33 bits per heavy atom. The summed E-state index contributed by atoms with van der Waals surface area (Å²) in [6.07, 6.45) is 2.35. The van der Waals surface area contributed by atoms with Crippen LogP contribution in [0.25, 0.3) is 11.4 Å². The fraction of sp³-hybridized carbons (Fsp3) is 0.375. The van der Waals surface area contributed by atoms with Gasteiger partial charge in [0.25, 0.3) is 0 Å². The summed E-state index contributed by atoms with van der Waals surface area (Å²) in [5.74, 6) is 0.315. The van der Waals surface area contributed by atoms with Crippen LogP contribution in [0.2, 0.25) is 0 Å². The Labute approximate surface area is 124 Å². The first-order valence-electron chi connectivity index (χ1n) is 7.11. The first-order valence-corrected chi connectivity index (χ1v) is 7.11. The van der Waals surface area contributed by atoms with E-state index in [-0.39, 0.29) is 0 Å². The first-order chi connectivity index (χ1) is 10.1. The molecule has 1 aromatic heterocycles. The molecular formula is C16H21N3O2. The van der Waals surface area contributed by atoms with Crippen LogP contribution in [0.4, 0.5) is 0 Å². The number of nitrogens with one attached hydrogen (secondary N) is 2. The Morgan fingerprint density at radius 3 is 2.67 bits per heavy atom. The van der Waals surface area contributed by atoms with E-state index in [1.165, 1.54) is 0 Å². The Balaban J connectivity index is 1.98. The number of carboxylic acid groups (broad SMARTS) is 1. The molecule has 0 fully saturated rings. The monoisotopic (exact) mass is 287 g/mol. The molecule has 21 heavy (non-hydrogen) atoms. The summed E-state index contributed by atoms with van der Waals surface area (Å²) in [7, 11) is 0. The maximum Gasteiger partial charge on any atom is 0.320 e. The van der Waals surface area contributed by atoms with E-state index in [9.17, 15) is 9.90 Å². The number of hydrogen-bond donors (Lipinski definition) is 3. The molecule has 1 aromatic carbocycles. The highest BCUT2D eigenvalue weighted by molar-refractivity contribution is 5.73. The second kappa shape index (κ2) is 7.04. The van der Waals surface area contributed by atoms with Crippen molar-refractivity contribution in [1.82, 2.24) is 15.3 Å². The fourth-order valence-corrected chi connectivity index (χ4v) is 2.17. The molecule has 0 aliphatic carbocycles. The molecule has 0 radical (unpaired) electrons. The molecule has 1 heterocycles. The lowest BCUT2D eigenvalue weighted by Crippen LogP contribution is -2.37. The van der Waals surface area contributed by atoms with E-state index in [1.807, 2.05) is 44.2 Å². The molecule has 0 aliphatic heterocycles. The third-order valence-electron chi connectivity index (χ3n) is 3.22. The number of imidazole rings is 1. The molecule has 0 bridgehead atoms. The molecule has 1 atom stereocenters. The van der Waals surface area contributed by atoms with Crippen LogP contribution in [0, 0.1) is 5.92 Å². The topological polar surface area (TPSA) is 78.0 Å². The van der Waals surface area contributed by atoms with Gasteiger partial charge in [-0.3, -0.25) is 10.1 Å². The van der Waals surface area contributed by atoms with E-state index in [4.69, 9.17) is 0 Å². The summed E-state index contributed by atoms with van der Waals surface area (Å²) in [5.41, 5.74) is 1.89. The van der Waals surface area contributed by atoms with Crippen molar-refractivity contribution in [1.29, 1.82) is 0 Å². The minimum absolute atomic E-state index is 0.334. The average molecular weight is 287 g/mol. The third-order valence-corrected chi connectivity index (χ3v) is 3.22. The van der Waals surface area contributed by atoms with Gasteiger partial charge in [0, 0.05) is 24.0 Å². The summed E-state index contributed by atoms with van der Waals surface area (Å²) in [4.78, 5) is 18.7. The number of hydrogen-bond acceptors (Lipinski definition) is 3. The summed E-state index contributed by atoms with van der Waals surface area (Å²) < 4.78 is 0. The predicted octanol–water partition coefficient (Wildman–Crippen LogP) is 2.67. The summed E-state index contributed by atoms with van der Waals surface area (Å²) >= 11 is 0. The third kappa shape index (κ3) is 4.43. The van der Waals surface area contributed by atoms with E-state index in [0.29, 0.717) is 18.9 Å². The summed E-state index contributed by atoms with van der Waals surface area (Å²) in [6, 6.07) is 9.30. The highest BCUT2D eigenvalue weighted by atomic mass is 16.4. The van der Waals surface area contributed by atoms with E-state index in [2.05, 4.69) is 15.3 Å². The van der Waals surface area contributed by atoms with Gasteiger partial charge < -0.3 is 10.1 Å². The Bertz CT molecular complexity index is 578. The van der Waals surface area contributed by atoms with E-state index in [1.54, 1.807) is 6.20 Å². The van der Waals surface area contributed by atoms with Crippen LogP contribution in [0.5, 0.6) is 0 Å². The Kier molecular flexibility index (Phi) is 5.11. The van der Waals surface area contributed by atoms with Crippen molar-refractivity contribution in [2.75, 3.05) is 0 Å². The SMILES string of the molecule is CC(C)C[C@@H](NCc1cnc(-c2ccccc2)[nH]1)C(=O)O. The lowest BCUT2D eigenvalue weighted by Gasteiger charge is -2.15. The standard InChI is InChI=1S/C16H21N3O2/c1-11(2)8-14(16(20)21)17-9-13-10-18-15(19-13)12-6-4-3-5-7-12/h3-7,10-11,14,17H,8-9H2,1-2H3,(H,18,19)(H,20,21)/t14-/m1/s1. The number of carbonyl (C=O) groups is 1. The smallest absolute Gasteiger partial charge is 0.320 e. The van der Waals surface area contributed by atoms with Gasteiger partial charge >= 0.3 is 5.97 Å². The zero-order valence-electron chi connectivity index (χ0n) is 12.3. The highest BCUT2D eigenvalue weighted by Crippen LogP contribution is 2.15. The minimum Gasteiger partial charge on any atom is -0.480 e. The van der Waals surface area contributed by atoms with Crippen LogP contribution >= 0.6 is 0 Å². The van der Waals surface area contributed by atoms with Crippen molar-refractivity contribution in [2.45, 2.75) is 32.9 Å². The molecule has 2 rings (SSSR count). The molecule has 0 saturated heterocycles. The molecule has 3 N–H and O–H groups in total. The van der Waals surface area contributed by atoms with Crippen LogP contribution in [0.15, 0.2) is 36.5 Å². The van der Waals surface area contributed by atoms with Crippen molar-refractivity contribution in [3.63, 3.8) is 0 Å². The number of aromatic amines is 1. The minimum atomic E-state index is -0.813. The molecule has 2 aromatic rings. The van der Waals surface area contributed by atoms with Crippen molar-refractivity contribution in [2.24, 2.45) is 5.92 Å². The summed E-state index contributed by atoms with van der Waals surface area (Å²) in [5, 5.41) is 12.3. The molecule has 0 spiro atoms. The second-order valence-electron chi connectivity index (χ2n) is 5.52. The largest absolute Gasteiger partial charge is 0.480 e. The number of benzene rings is 1. The molecule has 0 unspecified atom stereocenters. The van der Waals surface area contributed by atoms with Crippen LogP contribution < -0.4 is 5.32 Å². The van der Waals surface area contributed by atoms with Crippen LogP contribution in [0.3, 0.4) is 0 Å². The highest BCUT2D eigenvalue weighted by Gasteiger charge is 2.18. The Hall–Kier alpha value is -2.14. The van der Waals surface area contributed by atoms with Crippen LogP contribution in [-0.2, 0) is 11.3 Å². The lowest BCUT2D eigenvalue weighted by atomic mass is 10.0. The molecular weight excluding hydrogens is 266 g/mol. The normalized spacial score (nSPS) is 12.5. The number of aliphatic carboxylic acids is 1. The van der Waals surface area contributed by atoms with Crippen molar-refractivity contribution in [3.8, 4) is 11.4 Å². The van der Waals surface area contributed by atoms with Crippen molar-refractivity contribution < 1.29 is 9.90 Å². The number of carboxylic acids is 1. The van der Waals surface area contributed by atoms with E-state index in [0.717, 1.165) is 17.1 Å². The number of rotatable bonds is 7. The molecule has 5 heteroatoms. The fourth-order valence-electron chi connectivity index (χ4n) is 2.17. The lowest BCUT2D eigenvalue weighted by molar-refractivity contribution is -0.140. The number of nitrogens with zero attached hydrogens (tertiary/aromatic N) is 1. The molecule has 0 amide bonds. The zero-order chi connectivity index (χ0) is 15.2. The number of aromatic nitrogens is 2. The maximum absolute atomic E-state index is 11.2. The van der Waals surface area contributed by atoms with Gasteiger partial charge in [0.15, 0.2) is 0 Å². The molecule has 0 aliphatic rings. The van der Waals surface area contributed by atoms with Gasteiger partial charge in [-0.05, 0) is 12.3 Å². The summed E-state index contributed by atoms with van der Waals surface area (Å²) in [6.45, 7) is 4.49. The first kappa shape index (κ1) is 15.3. The average Bonchev–Trinajstić information content (AvgIpc) is 2.92. The second-order valence-corrected chi connectivity index (χ2v) is 5.52. The van der Waals surface area contributed by atoms with E-state index >= 15 is 0 Å². The molecule has 112 valence electrons. The Morgan fingerprint density at radius 2 is 2.05 bits per heavy atom. The quantitative estimate of drug-likeness (QED) is 0.731. The molecule has 5 nitrogen and oxygen atoms in total. The predicted molar refractivity (Wildman–Crippen MR) is 81.7 cm³/mol. The van der Waals surface area contributed by atoms with Crippen molar-refractivity contribution in [3.05, 3.63) is 42.2 Å². The van der Waals surface area contributed by atoms with Gasteiger partial charge in [-0.1, -0.05) is 44.2 Å². The van der Waals surface area contributed by atoms with E-state index < -0.39 is 12.0 Å². The van der Waals surface area contributed by atoms with Gasteiger partial charge in [-0.25, -0.2) is 4.98 Å². The van der Waals surface area contributed by atoms with Crippen LogP contribution in [0.1, 0.15) is 26.0 Å². The number of H-pyrrole nitrogens is 1. The van der Waals surface area contributed by atoms with Gasteiger partial charge in [0.2, 0.25) is 0 Å². The van der Waals surface area contributed by atoms with Gasteiger partial charge in [-0.15, -0.1) is 0 Å². The van der Waals surface area contributed by atoms with Gasteiger partial charge in [0.1, 0.15) is 11.9 Å². The van der Waals surface area contributed by atoms with Crippen LogP contribution in [-0.4, -0.2) is 27.1 Å².